The van der Waals surface area contributed by atoms with Crippen LogP contribution in [0, 0.1) is 17.3 Å². The monoisotopic (exact) mass is 769 g/mol. The van der Waals surface area contributed by atoms with E-state index in [0.717, 1.165) is 12.8 Å². The van der Waals surface area contributed by atoms with Crippen LogP contribution in [0.1, 0.15) is 80.1 Å². The molecule has 14 nitrogen and oxygen atoms in total. The molecular formula is C36H63N5O9SSi. The number of fused-ring (bicyclic) bond motifs is 3. The van der Waals surface area contributed by atoms with E-state index < -0.39 is 77.7 Å². The van der Waals surface area contributed by atoms with Crippen molar-refractivity contribution in [3.63, 3.8) is 0 Å². The number of rotatable bonds is 10. The van der Waals surface area contributed by atoms with Crippen molar-refractivity contribution in [2.45, 2.75) is 136 Å². The summed E-state index contributed by atoms with van der Waals surface area (Å²) < 4.78 is 40.1. The highest BCUT2D eigenvalue weighted by molar-refractivity contribution is 7.89. The van der Waals surface area contributed by atoms with Crippen molar-refractivity contribution in [2.24, 2.45) is 17.3 Å². The summed E-state index contributed by atoms with van der Waals surface area (Å²) in [6, 6.07) is -2.65. The molecule has 1 unspecified atom stereocenters. The molecule has 2 saturated heterocycles. The Morgan fingerprint density at radius 1 is 1.08 bits per heavy atom. The molecule has 0 aromatic heterocycles. The summed E-state index contributed by atoms with van der Waals surface area (Å²) >= 11 is 0. The van der Waals surface area contributed by atoms with Crippen LogP contribution in [0.3, 0.4) is 0 Å². The summed E-state index contributed by atoms with van der Waals surface area (Å²) in [5.74, 6) is -2.66. The Balaban J connectivity index is 2.06. The molecule has 1 aliphatic carbocycles. The largest absolute Gasteiger partial charge is 0.450 e. The minimum Gasteiger partial charge on any atom is -0.450 e. The number of carbonyl (C=O) groups excluding carboxylic acids is 5. The zero-order chi connectivity index (χ0) is 39.2. The predicted molar refractivity (Wildman–Crippen MR) is 201 cm³/mol. The molecule has 2 aliphatic heterocycles. The van der Waals surface area contributed by atoms with Crippen molar-refractivity contribution >= 4 is 47.9 Å². The Kier molecular flexibility index (Phi) is 14.6. The molecule has 3 fully saturated rings. The Labute approximate surface area is 311 Å². The topological polar surface area (TPSA) is 181 Å². The lowest BCUT2D eigenvalue weighted by Crippen LogP contribution is -2.61. The average molecular weight is 770 g/mol. The Morgan fingerprint density at radius 3 is 2.31 bits per heavy atom. The molecule has 0 radical (unpaired) electrons. The second-order valence-corrected chi connectivity index (χ2v) is 25.0. The Hall–Kier alpha value is -2.98. The van der Waals surface area contributed by atoms with Crippen LogP contribution in [0.15, 0.2) is 12.7 Å². The number of amides is 4. The molecule has 296 valence electrons. The van der Waals surface area contributed by atoms with E-state index in [1.54, 1.807) is 20.8 Å². The lowest BCUT2D eigenvalue weighted by atomic mass is 9.97. The van der Waals surface area contributed by atoms with E-state index in [-0.39, 0.29) is 49.2 Å². The second kappa shape index (κ2) is 17.4. The normalized spacial score (nSPS) is 26.9. The fraction of sp³-hybridized carbons (Fsp3) is 0.806. The van der Waals surface area contributed by atoms with Crippen molar-refractivity contribution in [3.8, 4) is 0 Å². The van der Waals surface area contributed by atoms with Crippen molar-refractivity contribution in [1.82, 2.24) is 25.2 Å². The Bertz CT molecular complexity index is 1440. The van der Waals surface area contributed by atoms with Crippen LogP contribution < -0.4 is 16.0 Å². The summed E-state index contributed by atoms with van der Waals surface area (Å²) in [5, 5.41) is 8.32. The van der Waals surface area contributed by atoms with Gasteiger partial charge in [0, 0.05) is 41.2 Å². The number of hydrogen-bond donors (Lipinski definition) is 3. The second-order valence-electron chi connectivity index (χ2n) is 17.3. The van der Waals surface area contributed by atoms with E-state index in [4.69, 9.17) is 9.47 Å². The molecule has 0 spiro atoms. The van der Waals surface area contributed by atoms with Gasteiger partial charge in [-0.2, -0.15) is 4.31 Å². The molecule has 16 heteroatoms. The third-order valence-electron chi connectivity index (χ3n) is 10.2. The number of sulfonamides is 1. The van der Waals surface area contributed by atoms with E-state index in [1.165, 1.54) is 22.2 Å². The van der Waals surface area contributed by atoms with Gasteiger partial charge in [0.15, 0.2) is 6.10 Å². The zero-order valence-corrected chi connectivity index (χ0v) is 34.5. The van der Waals surface area contributed by atoms with E-state index in [1.807, 2.05) is 13.8 Å². The van der Waals surface area contributed by atoms with Gasteiger partial charge in [-0.1, -0.05) is 65.2 Å². The van der Waals surface area contributed by atoms with Gasteiger partial charge in [0.25, 0.3) is 5.91 Å². The van der Waals surface area contributed by atoms with Gasteiger partial charge in [0.1, 0.15) is 17.7 Å². The molecule has 4 amide bonds. The van der Waals surface area contributed by atoms with Gasteiger partial charge in [-0.25, -0.2) is 13.2 Å². The number of esters is 1. The fourth-order valence-corrected chi connectivity index (χ4v) is 11.8. The van der Waals surface area contributed by atoms with Crippen molar-refractivity contribution in [3.05, 3.63) is 12.7 Å². The first-order valence-electron chi connectivity index (χ1n) is 18.6. The minimum atomic E-state index is -3.82. The van der Waals surface area contributed by atoms with Crippen LogP contribution in [0.5, 0.6) is 0 Å². The van der Waals surface area contributed by atoms with Crippen LogP contribution in [0.4, 0.5) is 4.79 Å². The summed E-state index contributed by atoms with van der Waals surface area (Å²) in [7, 11) is -5.56. The van der Waals surface area contributed by atoms with Gasteiger partial charge in [0.2, 0.25) is 21.8 Å². The van der Waals surface area contributed by atoms with Gasteiger partial charge in [-0.3, -0.25) is 19.2 Å². The number of hydrogen-bond acceptors (Lipinski definition) is 9. The number of nitrogens with zero attached hydrogens (tertiary/aromatic N) is 2. The van der Waals surface area contributed by atoms with Gasteiger partial charge in [-0.15, -0.1) is 6.58 Å². The minimum absolute atomic E-state index is 0.0216. The lowest BCUT2D eigenvalue weighted by molar-refractivity contribution is -0.157. The molecule has 52 heavy (non-hydrogen) atoms. The fourth-order valence-electron chi connectivity index (χ4n) is 7.28. The smallest absolute Gasteiger partial charge is 0.408 e. The lowest BCUT2D eigenvalue weighted by Gasteiger charge is -2.36. The molecular weight excluding hydrogens is 707 g/mol. The number of piperidine rings is 1. The van der Waals surface area contributed by atoms with E-state index in [0.29, 0.717) is 31.7 Å². The maximum atomic E-state index is 14.6. The maximum absolute atomic E-state index is 14.6. The number of carbonyl (C=O) groups is 5. The maximum Gasteiger partial charge on any atom is 0.408 e. The first kappa shape index (κ1) is 43.4. The van der Waals surface area contributed by atoms with Crippen molar-refractivity contribution < 1.29 is 41.9 Å². The highest BCUT2D eigenvalue weighted by Crippen LogP contribution is 2.65. The van der Waals surface area contributed by atoms with Crippen LogP contribution in [0.25, 0.3) is 0 Å². The molecule has 3 rings (SSSR count). The molecule has 3 N–H and O–H groups in total. The molecule has 0 aromatic rings. The predicted octanol–water partition coefficient (Wildman–Crippen LogP) is 3.41. The molecule has 0 aromatic carbocycles. The first-order valence-corrected chi connectivity index (χ1v) is 23.9. The molecule has 2 heterocycles. The van der Waals surface area contributed by atoms with Crippen molar-refractivity contribution in [1.29, 1.82) is 0 Å². The van der Waals surface area contributed by atoms with E-state index in [2.05, 4.69) is 42.2 Å². The van der Waals surface area contributed by atoms with Gasteiger partial charge < -0.3 is 30.3 Å². The van der Waals surface area contributed by atoms with Gasteiger partial charge in [-0.05, 0) is 56.9 Å². The molecule has 1 saturated carbocycles. The molecule has 3 aliphatic rings. The summed E-state index contributed by atoms with van der Waals surface area (Å²) in [6.45, 7) is 20.5. The quantitative estimate of drug-likeness (QED) is 0.171. The SMILES string of the molecule is C=CCNC(=O)C(OC(C)=O)[C@@H]1CCCCCCCN(S(=O)(=O)CC[Si](C)(C)C)C[C@H](NC(=O)OC(C)(C)C)C(=O)N2C[C@H]3[C@@H]([C@H]2C(=O)N1)C3(C)C. The molecule has 6 atom stereocenters. The number of ether oxygens (including phenoxy) is 2. The van der Waals surface area contributed by atoms with Crippen molar-refractivity contribution in [2.75, 3.05) is 31.9 Å². The number of nitrogens with one attached hydrogen (secondary N) is 3. The number of alkyl carbamates (subject to hydrolysis) is 1. The standard InChI is InChI=1S/C36H63N5O9SSi/c1-11-18-37-32(44)30(49-24(2)42)26-17-15-13-12-14-16-19-40(51(47,48)20-21-52(8,9)10)23-27(39-34(46)50-35(3,4)5)33(45)41-22-25-28(36(25,6)7)29(41)31(43)38-26/h11,25-30H,1,12-23H2,2-10H3,(H,37,44)(H,38,43)(H,39,46)/t25-,26-,27-,28-,29-,30?/m0/s1. The average Bonchev–Trinajstić information content (AvgIpc) is 3.32. The third-order valence-corrected chi connectivity index (χ3v) is 14.2. The first-order chi connectivity index (χ1) is 24.0. The van der Waals surface area contributed by atoms with Gasteiger partial charge >= 0.3 is 12.1 Å². The Morgan fingerprint density at radius 2 is 1.71 bits per heavy atom. The van der Waals surface area contributed by atoms with Crippen LogP contribution in [-0.4, -0.2) is 117 Å². The van der Waals surface area contributed by atoms with E-state index >= 15 is 0 Å². The zero-order valence-electron chi connectivity index (χ0n) is 32.7. The van der Waals surface area contributed by atoms with E-state index in [9.17, 15) is 32.4 Å². The van der Waals surface area contributed by atoms with Crippen LogP contribution >= 0.6 is 0 Å². The van der Waals surface area contributed by atoms with Crippen LogP contribution in [0.2, 0.25) is 25.7 Å². The summed E-state index contributed by atoms with van der Waals surface area (Å²) in [4.78, 5) is 69.1. The van der Waals surface area contributed by atoms with Crippen LogP contribution in [-0.2, 0) is 38.7 Å². The molecule has 0 bridgehead atoms. The highest BCUT2D eigenvalue weighted by atomic mass is 32.2. The third kappa shape index (κ3) is 12.0. The summed E-state index contributed by atoms with van der Waals surface area (Å²) in [6.07, 6.45) is 2.93. The summed E-state index contributed by atoms with van der Waals surface area (Å²) in [5.41, 5.74) is -1.16. The van der Waals surface area contributed by atoms with Gasteiger partial charge in [0.05, 0.1) is 11.8 Å². The highest BCUT2D eigenvalue weighted by Gasteiger charge is 2.69.